The van der Waals surface area contributed by atoms with Crippen molar-refractivity contribution in [3.05, 3.63) is 51.9 Å². The third-order valence-electron chi connectivity index (χ3n) is 4.52. The predicted octanol–water partition coefficient (Wildman–Crippen LogP) is 3.01. The topological polar surface area (TPSA) is 58.4 Å². The molecule has 0 saturated carbocycles. The van der Waals surface area contributed by atoms with Crippen molar-refractivity contribution >= 4 is 17.5 Å². The average Bonchev–Trinajstić information content (AvgIpc) is 2.99. The highest BCUT2D eigenvalue weighted by atomic mass is 35.5. The number of nitrogens with one attached hydrogen (secondary N) is 1. The summed E-state index contributed by atoms with van der Waals surface area (Å²) >= 11 is 5.97. The van der Waals surface area contributed by atoms with Crippen molar-refractivity contribution in [2.45, 2.75) is 38.9 Å². The van der Waals surface area contributed by atoms with Crippen LogP contribution in [-0.4, -0.2) is 29.1 Å². The first kappa shape index (κ1) is 16.0. The van der Waals surface area contributed by atoms with E-state index >= 15 is 0 Å². The third kappa shape index (κ3) is 3.12. The summed E-state index contributed by atoms with van der Waals surface area (Å²) in [6.45, 7) is 4.47. The number of aromatic nitrogens is 1. The molecule has 0 spiro atoms. The SMILES string of the molecule is Cc1noc(C)c1CN[C@H]1CC(=O)N(C)[C@H]1c1ccc(Cl)cc1. The van der Waals surface area contributed by atoms with Gasteiger partial charge in [-0.1, -0.05) is 28.9 Å². The van der Waals surface area contributed by atoms with Gasteiger partial charge in [0.15, 0.2) is 0 Å². The van der Waals surface area contributed by atoms with Gasteiger partial charge in [0.1, 0.15) is 5.76 Å². The van der Waals surface area contributed by atoms with Gasteiger partial charge in [-0.15, -0.1) is 0 Å². The maximum absolute atomic E-state index is 12.2. The lowest BCUT2D eigenvalue weighted by atomic mass is 10.00. The fraction of sp³-hybridized carbons (Fsp3) is 0.412. The Hall–Kier alpha value is -1.85. The molecule has 0 bridgehead atoms. The summed E-state index contributed by atoms with van der Waals surface area (Å²) in [5, 5.41) is 8.16. The molecule has 2 aromatic rings. The Labute approximate surface area is 140 Å². The van der Waals surface area contributed by atoms with E-state index in [1.165, 1.54) is 0 Å². The van der Waals surface area contributed by atoms with Crippen LogP contribution in [0.15, 0.2) is 28.8 Å². The van der Waals surface area contributed by atoms with E-state index in [9.17, 15) is 4.79 Å². The molecule has 1 aromatic heterocycles. The Morgan fingerprint density at radius 3 is 2.65 bits per heavy atom. The molecule has 0 unspecified atom stereocenters. The number of likely N-dealkylation sites (tertiary alicyclic amines) is 1. The van der Waals surface area contributed by atoms with Gasteiger partial charge in [-0.25, -0.2) is 0 Å². The van der Waals surface area contributed by atoms with E-state index in [1.807, 2.05) is 45.2 Å². The first-order valence-corrected chi connectivity index (χ1v) is 8.01. The number of hydrogen-bond donors (Lipinski definition) is 1. The third-order valence-corrected chi connectivity index (χ3v) is 4.77. The molecule has 5 nitrogen and oxygen atoms in total. The van der Waals surface area contributed by atoms with E-state index in [-0.39, 0.29) is 18.0 Å². The second-order valence-electron chi connectivity index (χ2n) is 6.00. The molecule has 3 rings (SSSR count). The smallest absolute Gasteiger partial charge is 0.224 e. The van der Waals surface area contributed by atoms with E-state index in [0.717, 1.165) is 22.6 Å². The first-order chi connectivity index (χ1) is 11.0. The van der Waals surface area contributed by atoms with E-state index in [0.29, 0.717) is 18.0 Å². The molecule has 0 radical (unpaired) electrons. The largest absolute Gasteiger partial charge is 0.361 e. The standard InChI is InChI=1S/C17H20ClN3O2/c1-10-14(11(2)23-20-10)9-19-15-8-16(22)21(3)17(15)12-4-6-13(18)7-5-12/h4-7,15,17,19H,8-9H2,1-3H3/t15-,17-/m0/s1. The summed E-state index contributed by atoms with van der Waals surface area (Å²) < 4.78 is 5.20. The van der Waals surface area contributed by atoms with Crippen molar-refractivity contribution < 1.29 is 9.32 Å². The van der Waals surface area contributed by atoms with Gasteiger partial charge < -0.3 is 14.7 Å². The van der Waals surface area contributed by atoms with Gasteiger partial charge in [0.25, 0.3) is 0 Å². The minimum atomic E-state index is 0.000221. The molecule has 122 valence electrons. The average molecular weight is 334 g/mol. The number of carbonyl (C=O) groups excluding carboxylic acids is 1. The van der Waals surface area contributed by atoms with Crippen molar-refractivity contribution in [2.24, 2.45) is 0 Å². The molecule has 1 saturated heterocycles. The van der Waals surface area contributed by atoms with Crippen LogP contribution in [0, 0.1) is 13.8 Å². The summed E-state index contributed by atoms with van der Waals surface area (Å²) in [7, 11) is 1.85. The van der Waals surface area contributed by atoms with Gasteiger partial charge >= 0.3 is 0 Å². The molecule has 1 fully saturated rings. The summed E-state index contributed by atoms with van der Waals surface area (Å²) in [6.07, 6.45) is 0.479. The normalized spacial score (nSPS) is 21.2. The summed E-state index contributed by atoms with van der Waals surface area (Å²) in [6, 6.07) is 7.72. The second kappa shape index (κ2) is 6.34. The molecule has 0 aliphatic carbocycles. The number of carbonyl (C=O) groups is 1. The number of nitrogens with zero attached hydrogens (tertiary/aromatic N) is 2. The van der Waals surface area contributed by atoms with Gasteiger partial charge in [-0.2, -0.15) is 0 Å². The van der Waals surface area contributed by atoms with Crippen molar-refractivity contribution in [3.8, 4) is 0 Å². The van der Waals surface area contributed by atoms with Crippen LogP contribution < -0.4 is 5.32 Å². The fourth-order valence-electron chi connectivity index (χ4n) is 3.16. The molecule has 2 atom stereocenters. The minimum Gasteiger partial charge on any atom is -0.361 e. The molecular formula is C17H20ClN3O2. The van der Waals surface area contributed by atoms with Crippen LogP contribution in [0.5, 0.6) is 0 Å². The fourth-order valence-corrected chi connectivity index (χ4v) is 3.28. The highest BCUT2D eigenvalue weighted by molar-refractivity contribution is 6.30. The second-order valence-corrected chi connectivity index (χ2v) is 6.43. The molecule has 23 heavy (non-hydrogen) atoms. The number of hydrogen-bond acceptors (Lipinski definition) is 4. The molecule has 1 N–H and O–H groups in total. The van der Waals surface area contributed by atoms with E-state index in [1.54, 1.807) is 4.90 Å². The summed E-state index contributed by atoms with van der Waals surface area (Å²) in [5.41, 5.74) is 3.02. The summed E-state index contributed by atoms with van der Waals surface area (Å²) in [5.74, 6) is 0.955. The van der Waals surface area contributed by atoms with E-state index in [2.05, 4.69) is 10.5 Å². The van der Waals surface area contributed by atoms with Crippen LogP contribution in [-0.2, 0) is 11.3 Å². The van der Waals surface area contributed by atoms with Crippen LogP contribution in [0.2, 0.25) is 5.02 Å². The lowest BCUT2D eigenvalue weighted by molar-refractivity contribution is -0.127. The number of likely N-dealkylation sites (N-methyl/N-ethyl adjacent to an activating group) is 1. The van der Waals surface area contributed by atoms with E-state index < -0.39 is 0 Å². The Kier molecular flexibility index (Phi) is 4.41. The Morgan fingerprint density at radius 1 is 1.35 bits per heavy atom. The van der Waals surface area contributed by atoms with Crippen molar-refractivity contribution in [2.75, 3.05) is 7.05 Å². The van der Waals surface area contributed by atoms with Crippen LogP contribution in [0.25, 0.3) is 0 Å². The molecular weight excluding hydrogens is 314 g/mol. The van der Waals surface area contributed by atoms with Gasteiger partial charge in [0.2, 0.25) is 5.91 Å². The molecule has 1 aromatic carbocycles. The van der Waals surface area contributed by atoms with Crippen LogP contribution in [0.3, 0.4) is 0 Å². The van der Waals surface area contributed by atoms with Crippen molar-refractivity contribution in [3.63, 3.8) is 0 Å². The lowest BCUT2D eigenvalue weighted by Crippen LogP contribution is -2.35. The van der Waals surface area contributed by atoms with E-state index in [4.69, 9.17) is 16.1 Å². The van der Waals surface area contributed by atoms with Crippen LogP contribution >= 0.6 is 11.6 Å². The van der Waals surface area contributed by atoms with Gasteiger partial charge in [-0.05, 0) is 31.5 Å². The summed E-state index contributed by atoms with van der Waals surface area (Å²) in [4.78, 5) is 14.0. The monoisotopic (exact) mass is 333 g/mol. The molecule has 1 amide bonds. The highest BCUT2D eigenvalue weighted by Crippen LogP contribution is 2.32. The zero-order chi connectivity index (χ0) is 16.6. The lowest BCUT2D eigenvalue weighted by Gasteiger charge is -2.26. The number of halogens is 1. The molecule has 1 aliphatic rings. The number of aryl methyl sites for hydroxylation is 2. The quantitative estimate of drug-likeness (QED) is 0.934. The van der Waals surface area contributed by atoms with Gasteiger partial charge in [0.05, 0.1) is 11.7 Å². The van der Waals surface area contributed by atoms with Crippen LogP contribution in [0.1, 0.15) is 35.0 Å². The highest BCUT2D eigenvalue weighted by Gasteiger charge is 2.38. The number of rotatable bonds is 4. The maximum atomic E-state index is 12.2. The molecule has 2 heterocycles. The first-order valence-electron chi connectivity index (χ1n) is 7.63. The molecule has 6 heteroatoms. The zero-order valence-corrected chi connectivity index (χ0v) is 14.2. The van der Waals surface area contributed by atoms with Crippen molar-refractivity contribution in [1.29, 1.82) is 0 Å². The number of amides is 1. The Bertz CT molecular complexity index is 692. The minimum absolute atomic E-state index is 0.000221. The van der Waals surface area contributed by atoms with Gasteiger partial charge in [-0.3, -0.25) is 4.79 Å². The maximum Gasteiger partial charge on any atom is 0.224 e. The molecule has 1 aliphatic heterocycles. The number of benzene rings is 1. The Morgan fingerprint density at radius 2 is 2.04 bits per heavy atom. The van der Waals surface area contributed by atoms with Gasteiger partial charge in [0, 0.05) is 36.6 Å². The zero-order valence-electron chi connectivity index (χ0n) is 13.5. The Balaban J connectivity index is 1.79. The predicted molar refractivity (Wildman–Crippen MR) is 88.2 cm³/mol. The van der Waals surface area contributed by atoms with Crippen LogP contribution in [0.4, 0.5) is 0 Å². The van der Waals surface area contributed by atoms with Crippen molar-refractivity contribution in [1.82, 2.24) is 15.4 Å².